The fraction of sp³-hybridized carbons (Fsp3) is 0.571. The van der Waals surface area contributed by atoms with Crippen LogP contribution in [0.1, 0.15) is 13.3 Å². The molecule has 132 valence electrons. The number of nitrogens with one attached hydrogen (secondary N) is 2. The summed E-state index contributed by atoms with van der Waals surface area (Å²) in [6.45, 7) is 3.65. The molecular weight excluding hydrogens is 408 g/mol. The molecule has 0 bridgehead atoms. The number of ether oxygens (including phenoxy) is 2. The lowest BCUT2D eigenvalue weighted by molar-refractivity contribution is 0.327. The van der Waals surface area contributed by atoms with Crippen LogP contribution in [0.2, 0.25) is 0 Å². The molecule has 0 spiro atoms. The minimum absolute atomic E-state index is 0. The topological polar surface area (TPSA) is 76.7 Å². The van der Waals surface area contributed by atoms with Crippen LogP contribution in [0.15, 0.2) is 21.5 Å². The van der Waals surface area contributed by atoms with Gasteiger partial charge in [0, 0.05) is 16.6 Å². The van der Waals surface area contributed by atoms with Crippen molar-refractivity contribution in [3.63, 3.8) is 0 Å². The third-order valence-corrected chi connectivity index (χ3v) is 6.27. The molecule has 1 heterocycles. The summed E-state index contributed by atoms with van der Waals surface area (Å²) < 4.78 is 39.0. The molecule has 2 N–H and O–H groups in total. The molecule has 1 saturated heterocycles. The van der Waals surface area contributed by atoms with Crippen LogP contribution in [0, 0.1) is 5.92 Å². The number of hydrogen-bond acceptors (Lipinski definition) is 5. The molecule has 0 radical (unpaired) electrons. The average Bonchev–Trinajstić information content (AvgIpc) is 2.48. The Bertz CT molecular complexity index is 642. The van der Waals surface area contributed by atoms with Gasteiger partial charge in [0.2, 0.25) is 10.0 Å². The summed E-state index contributed by atoms with van der Waals surface area (Å²) in [6.07, 6.45) is 0.769. The Balaban J connectivity index is 0.00000264. The smallest absolute Gasteiger partial charge is 0.242 e. The van der Waals surface area contributed by atoms with Crippen molar-refractivity contribution >= 4 is 38.4 Å². The zero-order chi connectivity index (χ0) is 16.3. The highest BCUT2D eigenvalue weighted by Gasteiger charge is 2.28. The number of methoxy groups -OCH3 is 2. The number of benzene rings is 1. The van der Waals surface area contributed by atoms with Crippen molar-refractivity contribution < 1.29 is 17.9 Å². The van der Waals surface area contributed by atoms with Crippen LogP contribution in [-0.4, -0.2) is 41.8 Å². The highest BCUT2D eigenvalue weighted by Crippen LogP contribution is 2.35. The van der Waals surface area contributed by atoms with E-state index in [4.69, 9.17) is 9.47 Å². The Kier molecular flexibility index (Phi) is 7.60. The standard InChI is InChI=1S/C14H21BrN2O4S.ClH/c1-9-8-16-5-4-11(9)17-22(18,19)14-7-13(21-3)12(20-2)6-10(14)15;/h6-7,9,11,16-17H,4-5,8H2,1-3H3;1H. The first kappa shape index (κ1) is 20.5. The molecule has 1 aliphatic heterocycles. The van der Waals surface area contributed by atoms with Gasteiger partial charge in [0.15, 0.2) is 11.5 Å². The minimum Gasteiger partial charge on any atom is -0.493 e. The minimum atomic E-state index is -3.64. The predicted molar refractivity (Wildman–Crippen MR) is 95.3 cm³/mol. The van der Waals surface area contributed by atoms with Gasteiger partial charge in [-0.25, -0.2) is 13.1 Å². The Morgan fingerprint density at radius 2 is 1.87 bits per heavy atom. The van der Waals surface area contributed by atoms with E-state index < -0.39 is 10.0 Å². The third kappa shape index (κ3) is 4.73. The highest BCUT2D eigenvalue weighted by atomic mass is 79.9. The summed E-state index contributed by atoms with van der Waals surface area (Å²) in [5.41, 5.74) is 0. The van der Waals surface area contributed by atoms with Crippen molar-refractivity contribution in [1.29, 1.82) is 0 Å². The molecule has 1 fully saturated rings. The molecule has 0 saturated carbocycles. The maximum Gasteiger partial charge on any atom is 0.242 e. The molecule has 1 aliphatic rings. The van der Waals surface area contributed by atoms with Gasteiger partial charge in [-0.1, -0.05) is 6.92 Å². The average molecular weight is 430 g/mol. The number of hydrogen-bond donors (Lipinski definition) is 2. The van der Waals surface area contributed by atoms with Gasteiger partial charge in [0.05, 0.1) is 14.2 Å². The molecule has 0 amide bonds. The SMILES string of the molecule is COc1cc(Br)c(S(=O)(=O)NC2CCNCC2C)cc1OC.Cl. The lowest BCUT2D eigenvalue weighted by atomic mass is 9.97. The zero-order valence-electron chi connectivity index (χ0n) is 13.3. The van der Waals surface area contributed by atoms with Gasteiger partial charge in [-0.05, 0) is 47.4 Å². The first-order chi connectivity index (χ1) is 10.4. The molecule has 0 aliphatic carbocycles. The molecule has 23 heavy (non-hydrogen) atoms. The van der Waals surface area contributed by atoms with Crippen LogP contribution in [0.5, 0.6) is 11.5 Å². The van der Waals surface area contributed by atoms with Crippen molar-refractivity contribution in [2.45, 2.75) is 24.3 Å². The summed E-state index contributed by atoms with van der Waals surface area (Å²) in [5.74, 6) is 1.09. The van der Waals surface area contributed by atoms with E-state index in [9.17, 15) is 8.42 Å². The largest absolute Gasteiger partial charge is 0.493 e. The van der Waals surface area contributed by atoms with Crippen LogP contribution in [0.25, 0.3) is 0 Å². The molecule has 2 atom stereocenters. The molecule has 6 nitrogen and oxygen atoms in total. The second-order valence-corrected chi connectivity index (χ2v) is 7.87. The summed E-state index contributed by atoms with van der Waals surface area (Å²) >= 11 is 3.30. The van der Waals surface area contributed by atoms with Crippen molar-refractivity contribution in [3.05, 3.63) is 16.6 Å². The molecular formula is C14H22BrClN2O4S. The third-order valence-electron chi connectivity index (χ3n) is 3.82. The van der Waals surface area contributed by atoms with Crippen molar-refractivity contribution in [3.8, 4) is 11.5 Å². The van der Waals surface area contributed by atoms with Crippen LogP contribution < -0.4 is 19.5 Å². The van der Waals surface area contributed by atoms with Gasteiger partial charge in [-0.3, -0.25) is 0 Å². The monoisotopic (exact) mass is 428 g/mol. The number of halogens is 2. The number of piperidine rings is 1. The van der Waals surface area contributed by atoms with E-state index >= 15 is 0 Å². The van der Waals surface area contributed by atoms with E-state index in [1.165, 1.54) is 20.3 Å². The van der Waals surface area contributed by atoms with E-state index in [1.807, 2.05) is 6.92 Å². The molecule has 1 aromatic carbocycles. The highest BCUT2D eigenvalue weighted by molar-refractivity contribution is 9.10. The van der Waals surface area contributed by atoms with Gasteiger partial charge in [0.25, 0.3) is 0 Å². The van der Waals surface area contributed by atoms with Crippen LogP contribution in [0.4, 0.5) is 0 Å². The van der Waals surface area contributed by atoms with E-state index in [0.29, 0.717) is 16.0 Å². The van der Waals surface area contributed by atoms with E-state index in [0.717, 1.165) is 19.5 Å². The van der Waals surface area contributed by atoms with Gasteiger partial charge in [-0.15, -0.1) is 12.4 Å². The van der Waals surface area contributed by atoms with Crippen molar-refractivity contribution in [2.75, 3.05) is 27.3 Å². The molecule has 2 rings (SSSR count). The molecule has 1 aromatic rings. The quantitative estimate of drug-likeness (QED) is 0.750. The van der Waals surface area contributed by atoms with Crippen LogP contribution in [0.3, 0.4) is 0 Å². The molecule has 9 heteroatoms. The Hall–Kier alpha value is -0.540. The first-order valence-electron chi connectivity index (χ1n) is 7.03. The lowest BCUT2D eigenvalue weighted by Gasteiger charge is -2.30. The number of rotatable bonds is 5. The van der Waals surface area contributed by atoms with E-state index in [-0.39, 0.29) is 29.3 Å². The fourth-order valence-electron chi connectivity index (χ4n) is 2.49. The van der Waals surface area contributed by atoms with Gasteiger partial charge in [0.1, 0.15) is 4.90 Å². The maximum absolute atomic E-state index is 12.7. The summed E-state index contributed by atoms with van der Waals surface area (Å²) in [7, 11) is -0.657. The molecule has 0 aromatic heterocycles. The van der Waals surface area contributed by atoms with Gasteiger partial charge < -0.3 is 14.8 Å². The van der Waals surface area contributed by atoms with Gasteiger partial charge >= 0.3 is 0 Å². The summed E-state index contributed by atoms with van der Waals surface area (Å²) in [4.78, 5) is 0.149. The van der Waals surface area contributed by atoms with Gasteiger partial charge in [-0.2, -0.15) is 0 Å². The second kappa shape index (κ2) is 8.53. The van der Waals surface area contributed by atoms with Crippen molar-refractivity contribution in [1.82, 2.24) is 10.0 Å². The predicted octanol–water partition coefficient (Wildman–Crippen LogP) is 2.16. The lowest BCUT2D eigenvalue weighted by Crippen LogP contribution is -2.48. The normalized spacial score (nSPS) is 21.4. The van der Waals surface area contributed by atoms with Crippen LogP contribution in [-0.2, 0) is 10.0 Å². The van der Waals surface area contributed by atoms with Crippen molar-refractivity contribution in [2.24, 2.45) is 5.92 Å². The maximum atomic E-state index is 12.7. The Morgan fingerprint density at radius 1 is 1.26 bits per heavy atom. The Labute approximate surface area is 151 Å². The summed E-state index contributed by atoms with van der Waals surface area (Å²) in [6, 6.07) is 2.99. The van der Waals surface area contributed by atoms with E-state index in [1.54, 1.807) is 6.07 Å². The zero-order valence-corrected chi connectivity index (χ0v) is 16.5. The van der Waals surface area contributed by atoms with E-state index in [2.05, 4.69) is 26.0 Å². The second-order valence-electron chi connectivity index (χ2n) is 5.34. The fourth-order valence-corrected chi connectivity index (χ4v) is 4.91. The summed E-state index contributed by atoms with van der Waals surface area (Å²) in [5, 5.41) is 3.25. The first-order valence-corrected chi connectivity index (χ1v) is 9.31. The number of sulfonamides is 1. The molecule has 2 unspecified atom stereocenters. The van der Waals surface area contributed by atoms with Crippen LogP contribution >= 0.6 is 28.3 Å². The Morgan fingerprint density at radius 3 is 2.43 bits per heavy atom.